The molecule has 14 heavy (non-hydrogen) atoms. The van der Waals surface area contributed by atoms with Gasteiger partial charge in [-0.2, -0.15) is 0 Å². The average Bonchev–Trinajstić information content (AvgIpc) is 2.18. The molecule has 0 unspecified atom stereocenters. The Labute approximate surface area is 91.3 Å². The van der Waals surface area contributed by atoms with Crippen LogP contribution >= 0.6 is 11.8 Å². The van der Waals surface area contributed by atoms with E-state index in [2.05, 4.69) is 49.7 Å². The summed E-state index contributed by atoms with van der Waals surface area (Å²) in [5.74, 6) is 0. The predicted octanol–water partition coefficient (Wildman–Crippen LogP) is 2.95. The Morgan fingerprint density at radius 3 is 2.36 bits per heavy atom. The molecule has 0 spiro atoms. The van der Waals surface area contributed by atoms with Crippen molar-refractivity contribution in [2.75, 3.05) is 12.8 Å². The van der Waals surface area contributed by atoms with Gasteiger partial charge in [0.2, 0.25) is 0 Å². The van der Waals surface area contributed by atoms with E-state index in [1.165, 1.54) is 10.5 Å². The van der Waals surface area contributed by atoms with Crippen molar-refractivity contribution in [3.8, 4) is 0 Å². The van der Waals surface area contributed by atoms with Crippen LogP contribution in [-0.2, 0) is 6.42 Å². The summed E-state index contributed by atoms with van der Waals surface area (Å²) < 4.78 is 0. The third-order valence-electron chi connectivity index (χ3n) is 2.13. The molecule has 1 aromatic rings. The maximum Gasteiger partial charge on any atom is 0.00693 e. The molecule has 0 saturated carbocycles. The zero-order valence-corrected chi connectivity index (χ0v) is 10.0. The van der Waals surface area contributed by atoms with E-state index in [9.17, 15) is 0 Å². The van der Waals surface area contributed by atoms with Gasteiger partial charge in [-0.3, -0.25) is 0 Å². The van der Waals surface area contributed by atoms with Crippen LogP contribution in [0.25, 0.3) is 0 Å². The van der Waals surface area contributed by atoms with Crippen molar-refractivity contribution in [2.24, 2.45) is 0 Å². The monoisotopic (exact) mass is 209 g/mol. The molecule has 0 aliphatic heterocycles. The van der Waals surface area contributed by atoms with Gasteiger partial charge in [0.25, 0.3) is 0 Å². The van der Waals surface area contributed by atoms with Crippen molar-refractivity contribution >= 4 is 11.8 Å². The lowest BCUT2D eigenvalue weighted by Crippen LogP contribution is -2.24. The fourth-order valence-electron chi connectivity index (χ4n) is 1.30. The van der Waals surface area contributed by atoms with Gasteiger partial charge in [0.05, 0.1) is 0 Å². The minimum absolute atomic E-state index is 0.584. The van der Waals surface area contributed by atoms with Gasteiger partial charge in [0.1, 0.15) is 0 Å². The Morgan fingerprint density at radius 2 is 1.86 bits per heavy atom. The van der Waals surface area contributed by atoms with Gasteiger partial charge in [-0.05, 0) is 36.9 Å². The van der Waals surface area contributed by atoms with Gasteiger partial charge < -0.3 is 5.32 Å². The summed E-state index contributed by atoms with van der Waals surface area (Å²) in [6, 6.07) is 9.40. The standard InChI is InChI=1S/C12H19NS/c1-10(2)13-9-8-11-4-6-12(14-3)7-5-11/h4-7,10,13H,8-9H2,1-3H3. The van der Waals surface area contributed by atoms with Crippen molar-refractivity contribution in [2.45, 2.75) is 31.2 Å². The number of nitrogens with one attached hydrogen (secondary N) is 1. The fraction of sp³-hybridized carbons (Fsp3) is 0.500. The molecule has 0 aliphatic rings. The van der Waals surface area contributed by atoms with Crippen molar-refractivity contribution in [3.63, 3.8) is 0 Å². The van der Waals surface area contributed by atoms with Crippen LogP contribution in [0.1, 0.15) is 19.4 Å². The van der Waals surface area contributed by atoms with Crippen LogP contribution in [0.5, 0.6) is 0 Å². The van der Waals surface area contributed by atoms with Crippen molar-refractivity contribution < 1.29 is 0 Å². The van der Waals surface area contributed by atoms with Gasteiger partial charge in [-0.15, -0.1) is 11.8 Å². The highest BCUT2D eigenvalue weighted by molar-refractivity contribution is 7.98. The van der Waals surface area contributed by atoms with Crippen LogP contribution in [0, 0.1) is 0 Å². The van der Waals surface area contributed by atoms with Crippen LogP contribution < -0.4 is 5.32 Å². The lowest BCUT2D eigenvalue weighted by Gasteiger charge is -2.07. The summed E-state index contributed by atoms with van der Waals surface area (Å²) in [6.07, 6.45) is 3.22. The van der Waals surface area contributed by atoms with Crippen LogP contribution in [0.2, 0.25) is 0 Å². The third kappa shape index (κ3) is 4.16. The molecular weight excluding hydrogens is 190 g/mol. The minimum atomic E-state index is 0.584. The lowest BCUT2D eigenvalue weighted by molar-refractivity contribution is 0.590. The van der Waals surface area contributed by atoms with Gasteiger partial charge in [0, 0.05) is 10.9 Å². The molecule has 0 aliphatic carbocycles. The second-order valence-corrected chi connectivity index (χ2v) is 4.59. The molecule has 0 amide bonds. The number of rotatable bonds is 5. The zero-order valence-electron chi connectivity index (χ0n) is 9.21. The Balaban J connectivity index is 2.36. The summed E-state index contributed by atoms with van der Waals surface area (Å²) in [4.78, 5) is 1.34. The summed E-state index contributed by atoms with van der Waals surface area (Å²) >= 11 is 1.79. The smallest absolute Gasteiger partial charge is 0.00693 e. The second-order valence-electron chi connectivity index (χ2n) is 3.71. The SMILES string of the molecule is CSc1ccc(CCNC(C)C)cc1. The van der Waals surface area contributed by atoms with Crippen molar-refractivity contribution in [1.29, 1.82) is 0 Å². The number of hydrogen-bond donors (Lipinski definition) is 1. The summed E-state index contributed by atoms with van der Waals surface area (Å²) in [7, 11) is 0. The van der Waals surface area contributed by atoms with Gasteiger partial charge in [-0.25, -0.2) is 0 Å². The van der Waals surface area contributed by atoms with Crippen LogP contribution in [0.3, 0.4) is 0 Å². The van der Waals surface area contributed by atoms with E-state index < -0.39 is 0 Å². The highest BCUT2D eigenvalue weighted by Crippen LogP contribution is 2.14. The molecule has 0 heterocycles. The molecule has 1 N–H and O–H groups in total. The highest BCUT2D eigenvalue weighted by atomic mass is 32.2. The number of benzene rings is 1. The zero-order chi connectivity index (χ0) is 10.4. The Hall–Kier alpha value is -0.470. The highest BCUT2D eigenvalue weighted by Gasteiger charge is 1.95. The molecule has 0 atom stereocenters. The first-order valence-corrected chi connectivity index (χ1v) is 6.31. The maximum absolute atomic E-state index is 3.42. The fourth-order valence-corrected chi connectivity index (χ4v) is 1.71. The van der Waals surface area contributed by atoms with E-state index >= 15 is 0 Å². The summed E-state index contributed by atoms with van der Waals surface area (Å²) in [5, 5.41) is 3.42. The van der Waals surface area contributed by atoms with E-state index in [0.29, 0.717) is 6.04 Å². The van der Waals surface area contributed by atoms with Gasteiger partial charge in [-0.1, -0.05) is 26.0 Å². The van der Waals surface area contributed by atoms with E-state index in [0.717, 1.165) is 13.0 Å². The third-order valence-corrected chi connectivity index (χ3v) is 2.87. The molecule has 78 valence electrons. The molecule has 1 nitrogen and oxygen atoms in total. The Morgan fingerprint density at radius 1 is 1.21 bits per heavy atom. The van der Waals surface area contributed by atoms with Gasteiger partial charge >= 0.3 is 0 Å². The van der Waals surface area contributed by atoms with E-state index in [-0.39, 0.29) is 0 Å². The van der Waals surface area contributed by atoms with Gasteiger partial charge in [0.15, 0.2) is 0 Å². The molecule has 0 aromatic heterocycles. The molecule has 0 radical (unpaired) electrons. The van der Waals surface area contributed by atoms with Crippen molar-refractivity contribution in [3.05, 3.63) is 29.8 Å². The predicted molar refractivity (Wildman–Crippen MR) is 65.1 cm³/mol. The average molecular weight is 209 g/mol. The quantitative estimate of drug-likeness (QED) is 0.748. The van der Waals surface area contributed by atoms with E-state index in [4.69, 9.17) is 0 Å². The van der Waals surface area contributed by atoms with E-state index in [1.807, 2.05) is 0 Å². The minimum Gasteiger partial charge on any atom is -0.314 e. The van der Waals surface area contributed by atoms with Crippen LogP contribution in [0.15, 0.2) is 29.2 Å². The second kappa shape index (κ2) is 6.10. The first-order chi connectivity index (χ1) is 6.72. The Bertz CT molecular complexity index is 254. The lowest BCUT2D eigenvalue weighted by atomic mass is 10.1. The first-order valence-electron chi connectivity index (χ1n) is 5.08. The van der Waals surface area contributed by atoms with Crippen LogP contribution in [-0.4, -0.2) is 18.8 Å². The Kier molecular flexibility index (Phi) is 5.05. The maximum atomic E-state index is 3.42. The molecule has 0 fully saturated rings. The van der Waals surface area contributed by atoms with Crippen molar-refractivity contribution in [1.82, 2.24) is 5.32 Å². The first kappa shape index (κ1) is 11.6. The summed E-state index contributed by atoms with van der Waals surface area (Å²) in [6.45, 7) is 5.42. The topological polar surface area (TPSA) is 12.0 Å². The molecule has 2 heteroatoms. The van der Waals surface area contributed by atoms with Crippen LogP contribution in [0.4, 0.5) is 0 Å². The molecule has 1 aromatic carbocycles. The normalized spacial score (nSPS) is 10.9. The molecule has 0 bridgehead atoms. The molecule has 0 saturated heterocycles. The summed E-state index contributed by atoms with van der Waals surface area (Å²) in [5.41, 5.74) is 1.41. The number of hydrogen-bond acceptors (Lipinski definition) is 2. The molecule has 1 rings (SSSR count). The van der Waals surface area contributed by atoms with E-state index in [1.54, 1.807) is 11.8 Å². The largest absolute Gasteiger partial charge is 0.314 e. The molecular formula is C12H19NS. The number of thioether (sulfide) groups is 1.